The Morgan fingerprint density at radius 3 is 2.35 bits per heavy atom. The first-order valence-corrected chi connectivity index (χ1v) is 13.2. The molecule has 0 saturated heterocycles. The minimum Gasteiger partial charge on any atom is -0.497 e. The van der Waals surface area contributed by atoms with Gasteiger partial charge >= 0.3 is 0 Å². The highest BCUT2D eigenvalue weighted by molar-refractivity contribution is 7.80. The summed E-state index contributed by atoms with van der Waals surface area (Å²) in [6.45, 7) is 1.59. The summed E-state index contributed by atoms with van der Waals surface area (Å²) in [6.07, 6.45) is 0.723. The Morgan fingerprint density at radius 1 is 0.900 bits per heavy atom. The fourth-order valence-electron chi connectivity index (χ4n) is 4.58. The van der Waals surface area contributed by atoms with Crippen LogP contribution < -0.4 is 34.6 Å². The fraction of sp³-hybridized carbons (Fsp3) is 0.267. The second kappa shape index (κ2) is 12.2. The average Bonchev–Trinajstić information content (AvgIpc) is 3.43. The molecule has 208 valence electrons. The second-order valence-corrected chi connectivity index (χ2v) is 9.68. The van der Waals surface area contributed by atoms with E-state index in [1.165, 1.54) is 0 Å². The van der Waals surface area contributed by atoms with Crippen molar-refractivity contribution in [2.75, 3.05) is 34.7 Å². The van der Waals surface area contributed by atoms with Gasteiger partial charge in [0, 0.05) is 30.1 Å². The number of aromatic nitrogens is 1. The molecule has 0 saturated carbocycles. The van der Waals surface area contributed by atoms with Crippen LogP contribution in [0.1, 0.15) is 16.7 Å². The molecule has 1 aliphatic heterocycles. The Balaban J connectivity index is 1.34. The van der Waals surface area contributed by atoms with Gasteiger partial charge in [0.1, 0.15) is 5.75 Å². The van der Waals surface area contributed by atoms with Crippen molar-refractivity contribution in [3.8, 4) is 28.7 Å². The zero-order chi connectivity index (χ0) is 28.1. The molecule has 40 heavy (non-hydrogen) atoms. The summed E-state index contributed by atoms with van der Waals surface area (Å²) in [5.74, 6) is 3.42. The number of rotatable bonds is 10. The lowest BCUT2D eigenvalue weighted by atomic mass is 10.1. The van der Waals surface area contributed by atoms with Crippen LogP contribution >= 0.6 is 12.2 Å². The molecular weight excluding hydrogens is 530 g/mol. The number of ether oxygens (including phenoxy) is 5. The Labute approximate surface area is 237 Å². The lowest BCUT2D eigenvalue weighted by Crippen LogP contribution is -2.40. The van der Waals surface area contributed by atoms with E-state index >= 15 is 0 Å². The normalized spacial score (nSPS) is 11.8. The molecule has 1 aromatic heterocycles. The number of pyridine rings is 1. The van der Waals surface area contributed by atoms with Crippen molar-refractivity contribution in [3.05, 3.63) is 87.7 Å². The van der Waals surface area contributed by atoms with Crippen LogP contribution in [0, 0.1) is 0 Å². The zero-order valence-corrected chi connectivity index (χ0v) is 23.4. The first kappa shape index (κ1) is 27.1. The van der Waals surface area contributed by atoms with Crippen LogP contribution in [0.5, 0.6) is 28.7 Å². The quantitative estimate of drug-likeness (QED) is 0.273. The van der Waals surface area contributed by atoms with Crippen molar-refractivity contribution in [1.29, 1.82) is 0 Å². The minimum absolute atomic E-state index is 0.168. The van der Waals surface area contributed by atoms with Crippen LogP contribution in [0.25, 0.3) is 10.9 Å². The number of aromatic amines is 1. The van der Waals surface area contributed by atoms with Crippen LogP contribution in [0.2, 0.25) is 0 Å². The number of nitrogens with zero attached hydrogens (tertiary/aromatic N) is 1. The van der Waals surface area contributed by atoms with Gasteiger partial charge in [-0.05, 0) is 66.2 Å². The maximum absolute atomic E-state index is 13.1. The van der Waals surface area contributed by atoms with E-state index in [-0.39, 0.29) is 12.4 Å². The lowest BCUT2D eigenvalue weighted by Gasteiger charge is -2.26. The van der Waals surface area contributed by atoms with Gasteiger partial charge in [0.15, 0.2) is 28.1 Å². The minimum atomic E-state index is -0.181. The number of benzene rings is 3. The average molecular weight is 562 g/mol. The highest BCUT2D eigenvalue weighted by Gasteiger charge is 2.18. The number of fused-ring (bicyclic) bond motifs is 2. The first-order valence-electron chi connectivity index (χ1n) is 12.8. The molecule has 5 rings (SSSR count). The second-order valence-electron chi connectivity index (χ2n) is 9.29. The topological polar surface area (TPSA) is 94.3 Å². The molecule has 3 aromatic carbocycles. The molecule has 0 aliphatic carbocycles. The number of thiocarbonyl (C=S) groups is 1. The fourth-order valence-corrected chi connectivity index (χ4v) is 4.81. The molecule has 4 aromatic rings. The van der Waals surface area contributed by atoms with E-state index in [9.17, 15) is 4.79 Å². The maximum Gasteiger partial charge on any atom is 0.253 e. The van der Waals surface area contributed by atoms with Gasteiger partial charge in [-0.15, -0.1) is 0 Å². The van der Waals surface area contributed by atoms with E-state index in [2.05, 4.69) is 10.3 Å². The van der Waals surface area contributed by atoms with Crippen molar-refractivity contribution in [1.82, 2.24) is 15.2 Å². The maximum atomic E-state index is 13.1. The standard InChI is InChI=1S/C30H31N3O6S/c1-35-23-7-4-20(5-8-23)16-33(30(40)31-11-10-19-6-9-25(36-2)26(12-19)37-3)17-22-13-21-14-27-28(39-18-38-27)15-24(21)32-29(22)34/h4-9,12-15H,10-11,16-18H2,1-3H3,(H,31,40)(H,32,34). The van der Waals surface area contributed by atoms with E-state index in [4.69, 9.17) is 35.9 Å². The molecule has 0 radical (unpaired) electrons. The lowest BCUT2D eigenvalue weighted by molar-refractivity contribution is 0.174. The molecule has 0 fully saturated rings. The number of H-pyrrole nitrogens is 1. The Morgan fingerprint density at radius 2 is 1.62 bits per heavy atom. The zero-order valence-electron chi connectivity index (χ0n) is 22.6. The number of hydrogen-bond acceptors (Lipinski definition) is 7. The highest BCUT2D eigenvalue weighted by atomic mass is 32.1. The molecule has 1 aliphatic rings. The van der Waals surface area contributed by atoms with Crippen LogP contribution in [0.4, 0.5) is 0 Å². The van der Waals surface area contributed by atoms with E-state index in [0.717, 1.165) is 28.7 Å². The number of nitrogens with one attached hydrogen (secondary N) is 2. The Kier molecular flexibility index (Phi) is 8.26. The third-order valence-corrected chi connectivity index (χ3v) is 7.14. The molecule has 10 heteroatoms. The van der Waals surface area contributed by atoms with Gasteiger partial charge in [-0.2, -0.15) is 0 Å². The Hall–Kier alpha value is -4.44. The van der Waals surface area contributed by atoms with Crippen LogP contribution in [0.3, 0.4) is 0 Å². The molecule has 0 spiro atoms. The van der Waals surface area contributed by atoms with E-state index < -0.39 is 0 Å². The van der Waals surface area contributed by atoms with Crippen LogP contribution in [-0.4, -0.2) is 49.7 Å². The largest absolute Gasteiger partial charge is 0.497 e. The monoisotopic (exact) mass is 561 g/mol. The molecule has 0 bridgehead atoms. The third-order valence-electron chi connectivity index (χ3n) is 6.73. The molecule has 2 heterocycles. The van der Waals surface area contributed by atoms with Crippen molar-refractivity contribution < 1.29 is 23.7 Å². The van der Waals surface area contributed by atoms with Crippen LogP contribution in [0.15, 0.2) is 65.5 Å². The number of hydrogen-bond donors (Lipinski definition) is 2. The van der Waals surface area contributed by atoms with Gasteiger partial charge < -0.3 is 38.9 Å². The summed E-state index contributed by atoms with van der Waals surface area (Å²) in [5.41, 5.74) is 3.21. The summed E-state index contributed by atoms with van der Waals surface area (Å²) in [6, 6.07) is 19.2. The molecule has 2 N–H and O–H groups in total. The predicted molar refractivity (Wildman–Crippen MR) is 157 cm³/mol. The van der Waals surface area contributed by atoms with Crippen molar-refractivity contribution in [3.63, 3.8) is 0 Å². The van der Waals surface area contributed by atoms with Crippen molar-refractivity contribution in [2.24, 2.45) is 0 Å². The van der Waals surface area contributed by atoms with Gasteiger partial charge in [-0.3, -0.25) is 4.79 Å². The first-order chi connectivity index (χ1) is 19.5. The smallest absolute Gasteiger partial charge is 0.253 e. The van der Waals surface area contributed by atoms with Crippen LogP contribution in [-0.2, 0) is 19.5 Å². The van der Waals surface area contributed by atoms with Crippen molar-refractivity contribution >= 4 is 28.2 Å². The summed E-state index contributed by atoms with van der Waals surface area (Å²) in [4.78, 5) is 18.0. The number of methoxy groups -OCH3 is 3. The molecular formula is C30H31N3O6S. The summed E-state index contributed by atoms with van der Waals surface area (Å²) in [7, 11) is 4.87. The highest BCUT2D eigenvalue weighted by Crippen LogP contribution is 2.35. The van der Waals surface area contributed by atoms with E-state index in [1.807, 2.05) is 59.5 Å². The third kappa shape index (κ3) is 6.07. The van der Waals surface area contributed by atoms with Gasteiger partial charge in [0.05, 0.1) is 33.4 Å². The molecule has 0 unspecified atom stereocenters. The van der Waals surface area contributed by atoms with Crippen molar-refractivity contribution in [2.45, 2.75) is 19.5 Å². The molecule has 9 nitrogen and oxygen atoms in total. The van der Waals surface area contributed by atoms with E-state index in [1.54, 1.807) is 27.4 Å². The summed E-state index contributed by atoms with van der Waals surface area (Å²) < 4.78 is 27.0. The van der Waals surface area contributed by atoms with Gasteiger partial charge in [0.25, 0.3) is 5.56 Å². The predicted octanol–water partition coefficient (Wildman–Crippen LogP) is 4.40. The molecule has 0 amide bonds. The van der Waals surface area contributed by atoms with Gasteiger partial charge in [-0.25, -0.2) is 0 Å². The van der Waals surface area contributed by atoms with E-state index in [0.29, 0.717) is 58.8 Å². The van der Waals surface area contributed by atoms with Gasteiger partial charge in [-0.1, -0.05) is 18.2 Å². The summed E-state index contributed by atoms with van der Waals surface area (Å²) >= 11 is 5.83. The SMILES string of the molecule is COc1ccc(CN(Cc2cc3cc4c(cc3[nH]c2=O)OCO4)C(=S)NCCc2ccc(OC)c(OC)c2)cc1. The Bertz CT molecular complexity index is 1570. The molecule has 0 atom stereocenters. The van der Waals surface area contributed by atoms with Gasteiger partial charge in [0.2, 0.25) is 6.79 Å². The summed E-state index contributed by atoms with van der Waals surface area (Å²) in [5, 5.41) is 4.76.